The highest BCUT2D eigenvalue weighted by atomic mass is 32.1. The summed E-state index contributed by atoms with van der Waals surface area (Å²) in [6.07, 6.45) is 3.06. The zero-order valence-corrected chi connectivity index (χ0v) is 16.6. The van der Waals surface area contributed by atoms with Gasteiger partial charge in [-0.15, -0.1) is 11.3 Å². The first-order valence-corrected chi connectivity index (χ1v) is 10.3. The molecule has 6 heteroatoms. The van der Waals surface area contributed by atoms with Crippen LogP contribution in [0.3, 0.4) is 0 Å². The van der Waals surface area contributed by atoms with Crippen LogP contribution in [0.1, 0.15) is 38.8 Å². The van der Waals surface area contributed by atoms with Crippen LogP contribution >= 0.6 is 11.3 Å². The number of aliphatic imine (C=N–C) groups is 1. The Kier molecular flexibility index (Phi) is 9.14. The van der Waals surface area contributed by atoms with Crippen LogP contribution in [0.25, 0.3) is 10.6 Å². The lowest BCUT2D eigenvalue weighted by atomic mass is 10.0. The van der Waals surface area contributed by atoms with Gasteiger partial charge in [0.2, 0.25) is 0 Å². The minimum atomic E-state index is 0.237. The number of hydrogen-bond acceptors (Lipinski definition) is 4. The van der Waals surface area contributed by atoms with E-state index in [4.69, 9.17) is 0 Å². The molecular formula is C20H30N4OS. The topological polar surface area (TPSA) is 69.5 Å². The second-order valence-corrected chi connectivity index (χ2v) is 7.11. The van der Waals surface area contributed by atoms with Crippen molar-refractivity contribution in [2.75, 3.05) is 19.7 Å². The minimum absolute atomic E-state index is 0.237. The molecule has 26 heavy (non-hydrogen) atoms. The molecule has 0 amide bonds. The summed E-state index contributed by atoms with van der Waals surface area (Å²) in [4.78, 5) is 9.35. The third-order valence-electron chi connectivity index (χ3n) is 4.11. The fourth-order valence-corrected chi connectivity index (χ4v) is 3.59. The summed E-state index contributed by atoms with van der Waals surface area (Å²) in [7, 11) is 0. The molecule has 0 spiro atoms. The number of hydrogen-bond donors (Lipinski definition) is 3. The second kappa shape index (κ2) is 11.6. The highest BCUT2D eigenvalue weighted by Crippen LogP contribution is 2.23. The molecule has 0 aliphatic heterocycles. The van der Waals surface area contributed by atoms with E-state index in [1.54, 1.807) is 11.3 Å². The monoisotopic (exact) mass is 374 g/mol. The normalized spacial score (nSPS) is 12.8. The summed E-state index contributed by atoms with van der Waals surface area (Å²) < 4.78 is 0. The summed E-state index contributed by atoms with van der Waals surface area (Å²) >= 11 is 1.65. The zero-order chi connectivity index (χ0) is 18.6. The van der Waals surface area contributed by atoms with E-state index in [-0.39, 0.29) is 6.61 Å². The molecular weight excluding hydrogens is 344 g/mol. The van der Waals surface area contributed by atoms with Gasteiger partial charge in [0.15, 0.2) is 5.96 Å². The second-order valence-electron chi connectivity index (χ2n) is 6.25. The molecule has 1 aromatic heterocycles. The van der Waals surface area contributed by atoms with Gasteiger partial charge in [0, 0.05) is 30.6 Å². The van der Waals surface area contributed by atoms with Crippen molar-refractivity contribution in [2.24, 2.45) is 10.9 Å². The van der Waals surface area contributed by atoms with Crippen molar-refractivity contribution in [1.82, 2.24) is 15.6 Å². The van der Waals surface area contributed by atoms with Gasteiger partial charge in [-0.1, -0.05) is 43.7 Å². The average molecular weight is 375 g/mol. The Morgan fingerprint density at radius 3 is 2.69 bits per heavy atom. The number of guanidine groups is 1. The third kappa shape index (κ3) is 6.77. The standard InChI is InChI=1S/C20H30N4OS/c1-3-8-16(11-12-25)13-22-20(21-4-2)23-14-18-15-26-19(24-18)17-9-6-5-7-10-17/h5-7,9-10,15-16,25H,3-4,8,11-14H2,1-2H3,(H2,21,22,23). The molecule has 1 heterocycles. The maximum Gasteiger partial charge on any atom is 0.191 e. The molecule has 142 valence electrons. The van der Waals surface area contributed by atoms with Gasteiger partial charge in [-0.2, -0.15) is 0 Å². The zero-order valence-electron chi connectivity index (χ0n) is 15.7. The van der Waals surface area contributed by atoms with Crippen LogP contribution in [0.2, 0.25) is 0 Å². The Labute approximate surface area is 160 Å². The van der Waals surface area contributed by atoms with Crippen LogP contribution in [0.15, 0.2) is 40.7 Å². The highest BCUT2D eigenvalue weighted by Gasteiger charge is 2.09. The molecule has 3 N–H and O–H groups in total. The van der Waals surface area contributed by atoms with Gasteiger partial charge in [-0.05, 0) is 25.7 Å². The summed E-state index contributed by atoms with van der Waals surface area (Å²) in [6, 6.07) is 10.2. The van der Waals surface area contributed by atoms with Crippen molar-refractivity contribution in [1.29, 1.82) is 0 Å². The first-order chi connectivity index (χ1) is 12.8. The maximum absolute atomic E-state index is 9.20. The minimum Gasteiger partial charge on any atom is -0.396 e. The Morgan fingerprint density at radius 2 is 2.00 bits per heavy atom. The predicted octanol–water partition coefficient (Wildman–Crippen LogP) is 3.66. The lowest BCUT2D eigenvalue weighted by Crippen LogP contribution is -2.40. The van der Waals surface area contributed by atoms with Crippen molar-refractivity contribution in [2.45, 2.75) is 39.7 Å². The van der Waals surface area contributed by atoms with Gasteiger partial charge in [0.25, 0.3) is 0 Å². The SMILES string of the molecule is CCCC(CCO)CNC(=NCc1csc(-c2ccccc2)n1)NCC. The molecule has 1 unspecified atom stereocenters. The van der Waals surface area contributed by atoms with Crippen molar-refractivity contribution in [3.63, 3.8) is 0 Å². The quantitative estimate of drug-likeness (QED) is 0.438. The van der Waals surface area contributed by atoms with Crippen LogP contribution in [0, 0.1) is 5.92 Å². The molecule has 0 fully saturated rings. The van der Waals surface area contributed by atoms with Crippen molar-refractivity contribution in [3.05, 3.63) is 41.4 Å². The first-order valence-electron chi connectivity index (χ1n) is 9.39. The summed E-state index contributed by atoms with van der Waals surface area (Å²) in [5, 5.41) is 19.0. The molecule has 0 aliphatic carbocycles. The van der Waals surface area contributed by atoms with Crippen LogP contribution < -0.4 is 10.6 Å². The Balaban J connectivity index is 1.95. The number of benzene rings is 1. The molecule has 0 bridgehead atoms. The number of nitrogens with zero attached hydrogens (tertiary/aromatic N) is 2. The fourth-order valence-electron chi connectivity index (χ4n) is 2.78. The number of aliphatic hydroxyl groups is 1. The van der Waals surface area contributed by atoms with Gasteiger partial charge in [0.1, 0.15) is 5.01 Å². The van der Waals surface area contributed by atoms with E-state index in [0.717, 1.165) is 54.6 Å². The van der Waals surface area contributed by atoms with E-state index in [1.807, 2.05) is 18.2 Å². The van der Waals surface area contributed by atoms with Crippen molar-refractivity contribution in [3.8, 4) is 10.6 Å². The van der Waals surface area contributed by atoms with E-state index in [2.05, 4.69) is 52.0 Å². The Morgan fingerprint density at radius 1 is 1.19 bits per heavy atom. The smallest absolute Gasteiger partial charge is 0.191 e. The summed E-state index contributed by atoms with van der Waals surface area (Å²) in [5.74, 6) is 1.28. The van der Waals surface area contributed by atoms with Crippen molar-refractivity contribution < 1.29 is 5.11 Å². The number of nitrogens with one attached hydrogen (secondary N) is 2. The number of thiazole rings is 1. The molecule has 1 atom stereocenters. The fraction of sp³-hybridized carbons (Fsp3) is 0.500. The number of aliphatic hydroxyl groups excluding tert-OH is 1. The number of aromatic nitrogens is 1. The lowest BCUT2D eigenvalue weighted by molar-refractivity contribution is 0.251. The van der Waals surface area contributed by atoms with E-state index in [9.17, 15) is 5.11 Å². The van der Waals surface area contributed by atoms with Crippen LogP contribution in [0.5, 0.6) is 0 Å². The molecule has 0 aliphatic rings. The van der Waals surface area contributed by atoms with Crippen LogP contribution in [-0.4, -0.2) is 35.7 Å². The molecule has 1 aromatic carbocycles. The summed E-state index contributed by atoms with van der Waals surface area (Å²) in [6.45, 7) is 6.67. The third-order valence-corrected chi connectivity index (χ3v) is 5.05. The van der Waals surface area contributed by atoms with E-state index in [0.29, 0.717) is 12.5 Å². The molecule has 2 aromatic rings. The van der Waals surface area contributed by atoms with Gasteiger partial charge >= 0.3 is 0 Å². The van der Waals surface area contributed by atoms with E-state index < -0.39 is 0 Å². The molecule has 0 saturated carbocycles. The Hall–Kier alpha value is -1.92. The van der Waals surface area contributed by atoms with E-state index >= 15 is 0 Å². The van der Waals surface area contributed by atoms with Gasteiger partial charge in [0.05, 0.1) is 12.2 Å². The predicted molar refractivity (Wildman–Crippen MR) is 110 cm³/mol. The van der Waals surface area contributed by atoms with Crippen LogP contribution in [0.4, 0.5) is 0 Å². The highest BCUT2D eigenvalue weighted by molar-refractivity contribution is 7.13. The first kappa shape index (κ1) is 20.4. The molecule has 0 saturated heterocycles. The van der Waals surface area contributed by atoms with Gasteiger partial charge in [-0.3, -0.25) is 0 Å². The maximum atomic E-state index is 9.20. The molecule has 2 rings (SSSR count). The average Bonchev–Trinajstić information content (AvgIpc) is 3.14. The molecule has 5 nitrogen and oxygen atoms in total. The summed E-state index contributed by atoms with van der Waals surface area (Å²) in [5.41, 5.74) is 2.12. The van der Waals surface area contributed by atoms with E-state index in [1.165, 1.54) is 0 Å². The molecule has 0 radical (unpaired) electrons. The lowest BCUT2D eigenvalue weighted by Gasteiger charge is -2.18. The largest absolute Gasteiger partial charge is 0.396 e. The van der Waals surface area contributed by atoms with Gasteiger partial charge in [-0.25, -0.2) is 9.98 Å². The van der Waals surface area contributed by atoms with Crippen LogP contribution in [-0.2, 0) is 6.54 Å². The number of rotatable bonds is 10. The Bertz CT molecular complexity index is 651. The van der Waals surface area contributed by atoms with Gasteiger partial charge < -0.3 is 15.7 Å². The van der Waals surface area contributed by atoms with Crippen molar-refractivity contribution >= 4 is 17.3 Å².